The maximum absolute atomic E-state index is 12.7. The molecule has 0 aliphatic heterocycles. The number of carbonyl (C=O) groups is 2. The summed E-state index contributed by atoms with van der Waals surface area (Å²) in [6.07, 6.45) is 46.1. The van der Waals surface area contributed by atoms with Crippen molar-refractivity contribution in [2.45, 2.75) is 212 Å². The first kappa shape index (κ1) is 58.9. The summed E-state index contributed by atoms with van der Waals surface area (Å²) in [5.41, 5.74) is 0. The van der Waals surface area contributed by atoms with E-state index in [9.17, 15) is 24.2 Å². The van der Waals surface area contributed by atoms with Gasteiger partial charge in [0.05, 0.1) is 33.9 Å². The van der Waals surface area contributed by atoms with E-state index in [2.05, 4.69) is 44.2 Å². The van der Waals surface area contributed by atoms with Crippen LogP contribution in [0.15, 0.2) is 48.6 Å². The van der Waals surface area contributed by atoms with Gasteiger partial charge in [-0.2, -0.15) is 0 Å². The van der Waals surface area contributed by atoms with Crippen LogP contribution < -0.4 is 0 Å². The maximum Gasteiger partial charge on any atom is 0.472 e. The molecule has 0 amide bonds. The molecule has 10 nitrogen and oxygen atoms in total. The van der Waals surface area contributed by atoms with Crippen molar-refractivity contribution in [3.8, 4) is 0 Å². The molecule has 11 heteroatoms. The van der Waals surface area contributed by atoms with Crippen LogP contribution in [0.4, 0.5) is 0 Å². The number of nitrogens with zero attached hydrogens (tertiary/aromatic N) is 1. The lowest BCUT2D eigenvalue weighted by Crippen LogP contribution is -2.37. The Kier molecular flexibility index (Phi) is 40.5. The predicted molar refractivity (Wildman–Crippen MR) is 253 cm³/mol. The van der Waals surface area contributed by atoms with Gasteiger partial charge in [-0.05, 0) is 57.8 Å². The van der Waals surface area contributed by atoms with Gasteiger partial charge in [0.25, 0.3) is 0 Å². The summed E-state index contributed by atoms with van der Waals surface area (Å²) < 4.78 is 34.3. The number of phosphoric ester groups is 1. The number of unbranched alkanes of at least 4 members (excludes halogenated alkanes) is 21. The lowest BCUT2D eigenvalue weighted by Gasteiger charge is -2.24. The molecule has 61 heavy (non-hydrogen) atoms. The second-order valence-electron chi connectivity index (χ2n) is 17.7. The molecule has 356 valence electrons. The third-order valence-electron chi connectivity index (χ3n) is 10.4. The van der Waals surface area contributed by atoms with Crippen LogP contribution in [0.2, 0.25) is 0 Å². The molecule has 0 fully saturated rings. The minimum atomic E-state index is -4.40. The van der Waals surface area contributed by atoms with Gasteiger partial charge < -0.3 is 24.0 Å². The Bertz CT molecular complexity index is 1200. The fraction of sp³-hybridized carbons (Fsp3) is 0.800. The molecule has 0 aromatic carbocycles. The highest BCUT2D eigenvalue weighted by Gasteiger charge is 2.27. The van der Waals surface area contributed by atoms with E-state index in [1.165, 1.54) is 103 Å². The summed E-state index contributed by atoms with van der Waals surface area (Å²) >= 11 is 0. The summed E-state index contributed by atoms with van der Waals surface area (Å²) in [5, 5.41) is 10.2. The number of ether oxygens (including phenoxy) is 2. The van der Waals surface area contributed by atoms with Crippen LogP contribution >= 0.6 is 7.82 Å². The van der Waals surface area contributed by atoms with Crippen LogP contribution in [0.5, 0.6) is 0 Å². The molecule has 0 aromatic rings. The van der Waals surface area contributed by atoms with Gasteiger partial charge in [0.2, 0.25) is 0 Å². The van der Waals surface area contributed by atoms with Crippen LogP contribution in [0.1, 0.15) is 200 Å². The molecule has 0 aromatic heterocycles. The number of quaternary nitrogens is 1. The summed E-state index contributed by atoms with van der Waals surface area (Å²) in [6, 6.07) is 0. The van der Waals surface area contributed by atoms with Crippen molar-refractivity contribution in [3.05, 3.63) is 48.6 Å². The minimum Gasteiger partial charge on any atom is -0.462 e. The largest absolute Gasteiger partial charge is 0.472 e. The Morgan fingerprint density at radius 1 is 0.607 bits per heavy atom. The van der Waals surface area contributed by atoms with Crippen LogP contribution in [-0.2, 0) is 32.7 Å². The third kappa shape index (κ3) is 45.8. The molecule has 0 radical (unpaired) electrons. The number of hydrogen-bond acceptors (Lipinski definition) is 8. The summed E-state index contributed by atoms with van der Waals surface area (Å²) in [6.45, 7) is 4.18. The predicted octanol–water partition coefficient (Wildman–Crippen LogP) is 13.2. The topological polar surface area (TPSA) is 129 Å². The summed E-state index contributed by atoms with van der Waals surface area (Å²) in [5.74, 6) is -0.874. The molecule has 0 bridgehead atoms. The number of aliphatic hydroxyl groups is 1. The minimum absolute atomic E-state index is 0.0125. The highest BCUT2D eigenvalue weighted by molar-refractivity contribution is 7.47. The lowest BCUT2D eigenvalue weighted by atomic mass is 10.0. The Morgan fingerprint density at radius 3 is 1.69 bits per heavy atom. The van der Waals surface area contributed by atoms with Gasteiger partial charge >= 0.3 is 19.8 Å². The van der Waals surface area contributed by atoms with E-state index in [-0.39, 0.29) is 26.1 Å². The van der Waals surface area contributed by atoms with Crippen molar-refractivity contribution in [1.29, 1.82) is 0 Å². The Hall–Kier alpha value is -2.07. The van der Waals surface area contributed by atoms with Gasteiger partial charge in [0.1, 0.15) is 19.8 Å². The molecule has 3 atom stereocenters. The molecule has 0 rings (SSSR count). The van der Waals surface area contributed by atoms with Gasteiger partial charge in [0.15, 0.2) is 6.10 Å². The molecule has 2 unspecified atom stereocenters. The van der Waals surface area contributed by atoms with Gasteiger partial charge in [-0.25, -0.2) is 4.57 Å². The molecule has 0 aliphatic carbocycles. The van der Waals surface area contributed by atoms with E-state index in [0.29, 0.717) is 23.9 Å². The standard InChI is InChI=1S/C50H92NO9P/c1-6-8-10-12-14-15-16-17-18-19-20-21-22-23-24-25-26-27-29-33-37-41-49(53)57-45-48(46-59-61(55,56)58-44-43-51(3,4)5)60-50(54)42-38-34-30-32-36-40-47(52)39-35-31-28-13-11-9-7-2/h9,11,17-18,28,31,35,39,47-48,52H,6-8,10,12-16,19-27,29-30,32-34,36-38,40-46H2,1-5H3/p+1/b11-9+,18-17-,31-28+,39-35+/t47?,48-/m1/s1. The van der Waals surface area contributed by atoms with Crippen LogP contribution in [0.25, 0.3) is 0 Å². The van der Waals surface area contributed by atoms with E-state index in [1.54, 1.807) is 0 Å². The van der Waals surface area contributed by atoms with Crippen molar-refractivity contribution < 1.29 is 47.2 Å². The van der Waals surface area contributed by atoms with Crippen molar-refractivity contribution in [2.75, 3.05) is 47.5 Å². The number of esters is 2. The number of phosphoric acid groups is 1. The first-order chi connectivity index (χ1) is 29.4. The van der Waals surface area contributed by atoms with Gasteiger partial charge in [-0.15, -0.1) is 0 Å². The smallest absolute Gasteiger partial charge is 0.462 e. The third-order valence-corrected chi connectivity index (χ3v) is 11.4. The maximum atomic E-state index is 12.7. The lowest BCUT2D eigenvalue weighted by molar-refractivity contribution is -0.870. The number of carbonyl (C=O) groups excluding carboxylic acids is 2. The van der Waals surface area contributed by atoms with Crippen molar-refractivity contribution in [1.82, 2.24) is 0 Å². The molecule has 0 heterocycles. The Balaban J connectivity index is 4.32. The fourth-order valence-corrected chi connectivity index (χ4v) is 7.35. The average Bonchev–Trinajstić information content (AvgIpc) is 3.21. The zero-order valence-electron chi connectivity index (χ0n) is 39.8. The van der Waals surface area contributed by atoms with E-state index in [4.69, 9.17) is 18.5 Å². The zero-order valence-corrected chi connectivity index (χ0v) is 40.6. The first-order valence-corrected chi connectivity index (χ1v) is 26.0. The van der Waals surface area contributed by atoms with Gasteiger partial charge in [-0.1, -0.05) is 178 Å². The monoisotopic (exact) mass is 883 g/mol. The van der Waals surface area contributed by atoms with Crippen molar-refractivity contribution in [3.63, 3.8) is 0 Å². The quantitative estimate of drug-likeness (QED) is 0.0153. The van der Waals surface area contributed by atoms with Crippen molar-refractivity contribution >= 4 is 19.8 Å². The van der Waals surface area contributed by atoms with Crippen molar-refractivity contribution in [2.24, 2.45) is 0 Å². The normalized spacial score (nSPS) is 14.4. The number of hydrogen-bond donors (Lipinski definition) is 2. The SMILES string of the molecule is CC/C=C/C/C=C/C=C/C(O)CCCCCCCC(=O)O[C@H](COC(=O)CCCCCCCCCCCCC/C=C\CCCCCCCC)COP(=O)(O)OCC[N+](C)(C)C. The highest BCUT2D eigenvalue weighted by Crippen LogP contribution is 2.43. The van der Waals surface area contributed by atoms with E-state index in [0.717, 1.165) is 57.8 Å². The van der Waals surface area contributed by atoms with Crippen LogP contribution in [-0.4, -0.2) is 86.1 Å². The molecular formula is C50H93NO9P+. The molecule has 0 aliphatic rings. The average molecular weight is 883 g/mol. The molecule has 2 N–H and O–H groups in total. The summed E-state index contributed by atoms with van der Waals surface area (Å²) in [7, 11) is 1.41. The van der Waals surface area contributed by atoms with E-state index >= 15 is 0 Å². The second kappa shape index (κ2) is 41.9. The van der Waals surface area contributed by atoms with E-state index in [1.807, 2.05) is 39.4 Å². The Labute approximate surface area is 374 Å². The molecule has 0 saturated carbocycles. The first-order valence-electron chi connectivity index (χ1n) is 24.5. The number of likely N-dealkylation sites (N-methyl/N-ethyl adjacent to an activating group) is 1. The Morgan fingerprint density at radius 2 is 1.13 bits per heavy atom. The van der Waals surface area contributed by atoms with Crippen LogP contribution in [0.3, 0.4) is 0 Å². The van der Waals surface area contributed by atoms with Gasteiger partial charge in [0, 0.05) is 12.8 Å². The fourth-order valence-electron chi connectivity index (χ4n) is 6.60. The number of allylic oxidation sites excluding steroid dienone is 7. The number of aliphatic hydroxyl groups excluding tert-OH is 1. The molecular weight excluding hydrogens is 790 g/mol. The molecule has 0 saturated heterocycles. The zero-order chi connectivity index (χ0) is 45.1. The summed E-state index contributed by atoms with van der Waals surface area (Å²) in [4.78, 5) is 35.5. The highest BCUT2D eigenvalue weighted by atomic mass is 31.2. The van der Waals surface area contributed by atoms with Crippen LogP contribution in [0, 0.1) is 0 Å². The second-order valence-corrected chi connectivity index (χ2v) is 19.1. The number of rotatable bonds is 44. The van der Waals surface area contributed by atoms with Gasteiger partial charge in [-0.3, -0.25) is 18.6 Å². The van der Waals surface area contributed by atoms with E-state index < -0.39 is 38.6 Å². The molecule has 0 spiro atoms.